The summed E-state index contributed by atoms with van der Waals surface area (Å²) in [6, 6.07) is 0.561. The molecule has 0 amide bonds. The molecule has 1 N–H and O–H groups in total. The molecule has 0 aromatic heterocycles. The monoisotopic (exact) mass is 268 g/mol. The molecule has 18 heavy (non-hydrogen) atoms. The summed E-state index contributed by atoms with van der Waals surface area (Å²) >= 11 is 1.92. The number of thioether (sulfide) groups is 1. The van der Waals surface area contributed by atoms with Crippen molar-refractivity contribution >= 4 is 16.9 Å². The summed E-state index contributed by atoms with van der Waals surface area (Å²) in [5.41, 5.74) is 0.275. The number of nitrogens with zero attached hydrogens (tertiary/aromatic N) is 1. The van der Waals surface area contributed by atoms with E-state index in [4.69, 9.17) is 4.99 Å². The van der Waals surface area contributed by atoms with Crippen LogP contribution in [-0.4, -0.2) is 22.5 Å². The van der Waals surface area contributed by atoms with E-state index in [0.717, 1.165) is 11.8 Å². The van der Waals surface area contributed by atoms with E-state index in [1.54, 1.807) is 0 Å². The Morgan fingerprint density at radius 2 is 2.11 bits per heavy atom. The van der Waals surface area contributed by atoms with Crippen LogP contribution in [0.3, 0.4) is 0 Å². The highest BCUT2D eigenvalue weighted by molar-refractivity contribution is 8.13. The van der Waals surface area contributed by atoms with Gasteiger partial charge in [-0.3, -0.25) is 4.99 Å². The van der Waals surface area contributed by atoms with Crippen LogP contribution in [0.25, 0.3) is 0 Å². The van der Waals surface area contributed by atoms with E-state index in [1.165, 1.54) is 43.0 Å². The van der Waals surface area contributed by atoms with E-state index in [-0.39, 0.29) is 5.54 Å². The third kappa shape index (κ3) is 3.43. The molecule has 2 aliphatic rings. The maximum atomic E-state index is 4.99. The summed E-state index contributed by atoms with van der Waals surface area (Å²) in [6.45, 7) is 9.36. The minimum Gasteiger partial charge on any atom is -0.360 e. The summed E-state index contributed by atoms with van der Waals surface area (Å²) in [4.78, 5) is 4.99. The first-order valence-electron chi connectivity index (χ1n) is 7.51. The summed E-state index contributed by atoms with van der Waals surface area (Å²) < 4.78 is 0. The average molecular weight is 268 g/mol. The number of aliphatic imine (C=N–C) groups is 1. The Bertz CT molecular complexity index is 316. The number of amidine groups is 1. The molecule has 2 fully saturated rings. The molecule has 3 heteroatoms. The van der Waals surface area contributed by atoms with Crippen LogP contribution in [0.15, 0.2) is 4.99 Å². The van der Waals surface area contributed by atoms with Crippen molar-refractivity contribution in [2.75, 3.05) is 5.75 Å². The molecule has 1 saturated carbocycles. The fourth-order valence-electron chi connectivity index (χ4n) is 2.87. The molecule has 1 heterocycles. The van der Waals surface area contributed by atoms with Gasteiger partial charge in [-0.1, -0.05) is 32.5 Å². The molecule has 0 aromatic rings. The van der Waals surface area contributed by atoms with E-state index in [1.807, 2.05) is 11.8 Å². The van der Waals surface area contributed by atoms with Gasteiger partial charge in [0.25, 0.3) is 0 Å². The molecular formula is C15H28N2S. The van der Waals surface area contributed by atoms with Gasteiger partial charge < -0.3 is 5.32 Å². The Balaban J connectivity index is 1.96. The van der Waals surface area contributed by atoms with Gasteiger partial charge in [0.1, 0.15) is 0 Å². The zero-order valence-corrected chi connectivity index (χ0v) is 13.1. The molecule has 2 nitrogen and oxygen atoms in total. The average Bonchev–Trinajstić information content (AvgIpc) is 2.34. The van der Waals surface area contributed by atoms with Crippen molar-refractivity contribution in [1.29, 1.82) is 0 Å². The third-order valence-electron chi connectivity index (χ3n) is 4.95. The van der Waals surface area contributed by atoms with Gasteiger partial charge in [-0.2, -0.15) is 0 Å². The quantitative estimate of drug-likeness (QED) is 0.816. The smallest absolute Gasteiger partial charge is 0.157 e. The first-order chi connectivity index (χ1) is 8.52. The second-order valence-electron chi connectivity index (χ2n) is 6.49. The summed E-state index contributed by atoms with van der Waals surface area (Å²) in [7, 11) is 0. The van der Waals surface area contributed by atoms with Crippen LogP contribution >= 0.6 is 11.8 Å². The summed E-state index contributed by atoms with van der Waals surface area (Å²) in [5, 5.41) is 4.87. The van der Waals surface area contributed by atoms with E-state index in [0.29, 0.717) is 6.04 Å². The van der Waals surface area contributed by atoms with Gasteiger partial charge >= 0.3 is 0 Å². The number of hydrogen-bond acceptors (Lipinski definition) is 2. The Kier molecular flexibility index (Phi) is 4.63. The Morgan fingerprint density at radius 1 is 1.33 bits per heavy atom. The number of hydrogen-bond donors (Lipinski definition) is 1. The van der Waals surface area contributed by atoms with Crippen LogP contribution < -0.4 is 5.32 Å². The molecule has 104 valence electrons. The lowest BCUT2D eigenvalue weighted by molar-refractivity contribution is 0.252. The number of rotatable bonds is 2. The predicted octanol–water partition coefficient (Wildman–Crippen LogP) is 4.06. The molecule has 1 saturated heterocycles. The van der Waals surface area contributed by atoms with E-state index < -0.39 is 0 Å². The van der Waals surface area contributed by atoms with Gasteiger partial charge in [0.15, 0.2) is 5.17 Å². The van der Waals surface area contributed by atoms with Gasteiger partial charge in [-0.05, 0) is 50.9 Å². The van der Waals surface area contributed by atoms with E-state index >= 15 is 0 Å². The van der Waals surface area contributed by atoms with Crippen molar-refractivity contribution in [2.24, 2.45) is 16.8 Å². The molecular weight excluding hydrogens is 240 g/mol. The normalized spacial score (nSPS) is 43.8. The fourth-order valence-corrected chi connectivity index (χ4v) is 4.15. The first-order valence-corrected chi connectivity index (χ1v) is 8.50. The molecule has 1 aliphatic carbocycles. The molecule has 0 spiro atoms. The SMILES string of the molecule is CCC1(C)CCSC(=NC2CCC(C)C(C)C2)N1. The second kappa shape index (κ2) is 5.85. The third-order valence-corrected chi connectivity index (χ3v) is 5.84. The molecule has 4 unspecified atom stereocenters. The minimum atomic E-state index is 0.275. The number of nitrogens with one attached hydrogen (secondary N) is 1. The molecule has 2 rings (SSSR count). The van der Waals surface area contributed by atoms with Gasteiger partial charge in [0, 0.05) is 11.3 Å². The zero-order valence-electron chi connectivity index (χ0n) is 12.3. The van der Waals surface area contributed by atoms with Crippen molar-refractivity contribution < 1.29 is 0 Å². The van der Waals surface area contributed by atoms with Crippen molar-refractivity contribution in [3.05, 3.63) is 0 Å². The van der Waals surface area contributed by atoms with Crippen LogP contribution in [0, 0.1) is 11.8 Å². The molecule has 4 atom stereocenters. The highest BCUT2D eigenvalue weighted by Gasteiger charge is 2.29. The Labute approximate surface area is 116 Å². The lowest BCUT2D eigenvalue weighted by Gasteiger charge is -2.36. The van der Waals surface area contributed by atoms with Crippen LogP contribution in [0.1, 0.15) is 59.8 Å². The maximum Gasteiger partial charge on any atom is 0.157 e. The minimum absolute atomic E-state index is 0.275. The molecule has 0 aromatic carbocycles. The maximum absolute atomic E-state index is 4.99. The lowest BCUT2D eigenvalue weighted by Crippen LogP contribution is -2.48. The Hall–Kier alpha value is -0.180. The second-order valence-corrected chi connectivity index (χ2v) is 7.58. The van der Waals surface area contributed by atoms with E-state index in [9.17, 15) is 0 Å². The van der Waals surface area contributed by atoms with Crippen molar-refractivity contribution in [2.45, 2.75) is 71.4 Å². The van der Waals surface area contributed by atoms with Crippen molar-refractivity contribution in [3.8, 4) is 0 Å². The highest BCUT2D eigenvalue weighted by atomic mass is 32.2. The largest absolute Gasteiger partial charge is 0.360 e. The van der Waals surface area contributed by atoms with Gasteiger partial charge in [0.2, 0.25) is 0 Å². The van der Waals surface area contributed by atoms with Gasteiger partial charge in [0.05, 0.1) is 6.04 Å². The lowest BCUT2D eigenvalue weighted by atomic mass is 9.79. The molecule has 0 bridgehead atoms. The predicted molar refractivity (Wildman–Crippen MR) is 82.3 cm³/mol. The van der Waals surface area contributed by atoms with Gasteiger partial charge in [-0.25, -0.2) is 0 Å². The topological polar surface area (TPSA) is 24.4 Å². The fraction of sp³-hybridized carbons (Fsp3) is 0.933. The molecule has 0 radical (unpaired) electrons. The van der Waals surface area contributed by atoms with Crippen LogP contribution in [0.2, 0.25) is 0 Å². The standard InChI is InChI=1S/C15H28N2S/c1-5-15(4)8-9-18-14(17-15)16-13-7-6-11(2)12(3)10-13/h11-13H,5-10H2,1-4H3,(H,16,17). The summed E-state index contributed by atoms with van der Waals surface area (Å²) in [5.74, 6) is 2.93. The van der Waals surface area contributed by atoms with Crippen LogP contribution in [-0.2, 0) is 0 Å². The van der Waals surface area contributed by atoms with Crippen LogP contribution in [0.5, 0.6) is 0 Å². The highest BCUT2D eigenvalue weighted by Crippen LogP contribution is 2.32. The summed E-state index contributed by atoms with van der Waals surface area (Å²) in [6.07, 6.45) is 6.34. The van der Waals surface area contributed by atoms with E-state index in [2.05, 4.69) is 33.0 Å². The van der Waals surface area contributed by atoms with Crippen LogP contribution in [0.4, 0.5) is 0 Å². The first kappa shape index (κ1) is 14.2. The van der Waals surface area contributed by atoms with Crippen molar-refractivity contribution in [1.82, 2.24) is 5.32 Å². The van der Waals surface area contributed by atoms with Gasteiger partial charge in [-0.15, -0.1) is 0 Å². The zero-order chi connectivity index (χ0) is 13.2. The van der Waals surface area contributed by atoms with Crippen molar-refractivity contribution in [3.63, 3.8) is 0 Å². The Morgan fingerprint density at radius 3 is 2.78 bits per heavy atom. The molecule has 1 aliphatic heterocycles.